The van der Waals surface area contributed by atoms with Crippen molar-refractivity contribution in [1.29, 1.82) is 0 Å². The Morgan fingerprint density at radius 1 is 0.931 bits per heavy atom. The highest BCUT2D eigenvalue weighted by Crippen LogP contribution is 2.61. The van der Waals surface area contributed by atoms with Crippen LogP contribution >= 0.6 is 11.8 Å². The predicted molar refractivity (Wildman–Crippen MR) is 135 cm³/mol. The minimum Gasteiger partial charge on any atom is -0.376 e. The Morgan fingerprint density at radius 2 is 1.55 bits per heavy atom. The molecule has 0 aromatic carbocycles. The van der Waals surface area contributed by atoms with E-state index in [0.717, 1.165) is 40.4 Å². The van der Waals surface area contributed by atoms with E-state index in [1.165, 1.54) is 38.1 Å². The molecule has 0 aromatic heterocycles. The summed E-state index contributed by atoms with van der Waals surface area (Å²) in [6.07, 6.45) is 6.71. The Bertz CT molecular complexity index is 514. The number of unbranched alkanes of at least 4 members (excludes halogenated alkanes) is 3. The maximum absolute atomic E-state index is 5.90. The number of hydrogen-bond donors (Lipinski definition) is 1. The molecule has 2 fully saturated rings. The fourth-order valence-electron chi connectivity index (χ4n) is 6.26. The highest BCUT2D eigenvalue weighted by Gasteiger charge is 2.57. The van der Waals surface area contributed by atoms with E-state index in [4.69, 9.17) is 4.74 Å². The summed E-state index contributed by atoms with van der Waals surface area (Å²) < 4.78 is 5.90. The van der Waals surface area contributed by atoms with E-state index in [-0.39, 0.29) is 11.1 Å². The van der Waals surface area contributed by atoms with Crippen LogP contribution in [0.5, 0.6) is 0 Å². The van der Waals surface area contributed by atoms with Crippen LogP contribution in [0.1, 0.15) is 94.4 Å². The fraction of sp³-hybridized carbons (Fsp3) is 1.00. The molecule has 1 N–H and O–H groups in total. The first-order valence-electron chi connectivity index (χ1n) is 12.3. The predicted octanol–water partition coefficient (Wildman–Crippen LogP) is 7.49. The number of nitrogens with one attached hydrogen (secondary N) is 1. The average Bonchev–Trinajstić information content (AvgIpc) is 3.01. The van der Waals surface area contributed by atoms with Gasteiger partial charge < -0.3 is 9.72 Å². The molecule has 1 aliphatic heterocycles. The molecule has 4 heteroatoms. The Kier molecular flexibility index (Phi) is 8.84. The summed E-state index contributed by atoms with van der Waals surface area (Å²) in [6.45, 7) is 24.8. The van der Waals surface area contributed by atoms with Gasteiger partial charge in [0, 0.05) is 22.6 Å². The van der Waals surface area contributed by atoms with Gasteiger partial charge in [0.25, 0.3) is 0 Å². The normalized spacial score (nSPS) is 35.0. The van der Waals surface area contributed by atoms with Gasteiger partial charge in [0.2, 0.25) is 0 Å². The molecular formula is C25H51NOSSi. The van der Waals surface area contributed by atoms with Gasteiger partial charge >= 0.3 is 0 Å². The summed E-state index contributed by atoms with van der Waals surface area (Å²) in [5.74, 6) is 2.72. The van der Waals surface area contributed by atoms with Crippen LogP contribution in [-0.4, -0.2) is 36.5 Å². The third-order valence-electron chi connectivity index (χ3n) is 7.36. The second kappa shape index (κ2) is 9.96. The van der Waals surface area contributed by atoms with Gasteiger partial charge in [0.05, 0.1) is 5.60 Å². The molecule has 172 valence electrons. The van der Waals surface area contributed by atoms with Gasteiger partial charge in [-0.1, -0.05) is 46.6 Å². The summed E-state index contributed by atoms with van der Waals surface area (Å²) in [7, 11) is -1.57. The molecule has 0 radical (unpaired) electrons. The highest BCUT2D eigenvalue weighted by atomic mass is 32.2. The smallest absolute Gasteiger partial charge is 0.127 e. The van der Waals surface area contributed by atoms with Crippen LogP contribution in [0, 0.1) is 17.8 Å². The monoisotopic (exact) mass is 441 g/mol. The average molecular weight is 442 g/mol. The SMILES string of the molecule is CC1CC2C(C)C(C)C([Si](C)(CCCCCCOC(C)(C)C)NC(C)(C)C)C2S1. The summed E-state index contributed by atoms with van der Waals surface area (Å²) in [6, 6.07) is 1.43. The lowest BCUT2D eigenvalue weighted by Gasteiger charge is -2.44. The van der Waals surface area contributed by atoms with Crippen molar-refractivity contribution in [2.75, 3.05) is 6.61 Å². The van der Waals surface area contributed by atoms with E-state index in [1.807, 2.05) is 0 Å². The van der Waals surface area contributed by atoms with E-state index in [9.17, 15) is 0 Å². The van der Waals surface area contributed by atoms with E-state index >= 15 is 0 Å². The lowest BCUT2D eigenvalue weighted by atomic mass is 9.89. The molecule has 29 heavy (non-hydrogen) atoms. The zero-order chi connectivity index (χ0) is 22.0. The lowest BCUT2D eigenvalue weighted by Crippen LogP contribution is -2.61. The largest absolute Gasteiger partial charge is 0.376 e. The molecule has 1 saturated carbocycles. The van der Waals surface area contributed by atoms with Crippen molar-refractivity contribution < 1.29 is 4.74 Å². The van der Waals surface area contributed by atoms with Crippen molar-refractivity contribution in [2.45, 2.75) is 134 Å². The second-order valence-electron chi connectivity index (χ2n) is 12.5. The van der Waals surface area contributed by atoms with Crippen LogP contribution in [0.4, 0.5) is 0 Å². The summed E-state index contributed by atoms with van der Waals surface area (Å²) in [5, 5.41) is 1.76. The Morgan fingerprint density at radius 3 is 2.14 bits per heavy atom. The van der Waals surface area contributed by atoms with Crippen LogP contribution in [0.25, 0.3) is 0 Å². The van der Waals surface area contributed by atoms with Gasteiger partial charge in [-0.25, -0.2) is 0 Å². The van der Waals surface area contributed by atoms with Crippen LogP contribution in [0.3, 0.4) is 0 Å². The van der Waals surface area contributed by atoms with Crippen molar-refractivity contribution in [2.24, 2.45) is 17.8 Å². The van der Waals surface area contributed by atoms with Gasteiger partial charge in [-0.2, -0.15) is 11.8 Å². The van der Waals surface area contributed by atoms with E-state index in [2.05, 4.69) is 85.6 Å². The second-order valence-corrected chi connectivity index (χ2v) is 18.3. The third kappa shape index (κ3) is 7.25. The summed E-state index contributed by atoms with van der Waals surface area (Å²) in [4.78, 5) is 4.28. The molecule has 0 bridgehead atoms. The van der Waals surface area contributed by atoms with Gasteiger partial charge in [-0.3, -0.25) is 0 Å². The number of thioether (sulfide) groups is 1. The molecule has 7 unspecified atom stereocenters. The van der Waals surface area contributed by atoms with Gasteiger partial charge in [-0.15, -0.1) is 0 Å². The minimum absolute atomic E-state index is 0.00401. The topological polar surface area (TPSA) is 21.3 Å². The molecule has 2 rings (SSSR count). The molecule has 7 atom stereocenters. The first-order chi connectivity index (χ1) is 13.2. The molecule has 0 spiro atoms. The van der Waals surface area contributed by atoms with Crippen molar-refractivity contribution in [3.05, 3.63) is 0 Å². The first kappa shape index (κ1) is 25.7. The number of rotatable bonds is 9. The molecule has 1 saturated heterocycles. The van der Waals surface area contributed by atoms with Crippen molar-refractivity contribution in [3.63, 3.8) is 0 Å². The lowest BCUT2D eigenvalue weighted by molar-refractivity contribution is -0.00471. The van der Waals surface area contributed by atoms with E-state index in [1.54, 1.807) is 0 Å². The maximum atomic E-state index is 5.90. The molecule has 2 aliphatic rings. The Hall–Kier alpha value is 0.487. The number of ether oxygens (including phenoxy) is 1. The summed E-state index contributed by atoms with van der Waals surface area (Å²) >= 11 is 2.34. The Balaban J connectivity index is 1.98. The van der Waals surface area contributed by atoms with Crippen molar-refractivity contribution in [1.82, 2.24) is 4.98 Å². The first-order valence-corrected chi connectivity index (χ1v) is 16.0. The molecule has 2 nitrogen and oxygen atoms in total. The summed E-state index contributed by atoms with van der Waals surface area (Å²) in [5.41, 5.74) is 1.14. The zero-order valence-electron chi connectivity index (χ0n) is 21.2. The molecule has 0 aromatic rings. The fourth-order valence-corrected chi connectivity index (χ4v) is 15.0. The minimum atomic E-state index is -1.57. The molecule has 1 heterocycles. The van der Waals surface area contributed by atoms with E-state index < -0.39 is 8.24 Å². The van der Waals surface area contributed by atoms with Crippen molar-refractivity contribution in [3.8, 4) is 0 Å². The standard InChI is InChI=1S/C25H51NOSSi/c1-18-17-21-19(2)20(3)23(22(21)28-18)29(10,26-24(4,5)6)16-14-12-11-13-15-27-25(7,8)9/h18-23,26H,11-17H2,1-10H3. The molecular weight excluding hydrogens is 390 g/mol. The van der Waals surface area contributed by atoms with Crippen molar-refractivity contribution >= 4 is 20.0 Å². The van der Waals surface area contributed by atoms with E-state index in [0.29, 0.717) is 0 Å². The number of hydrogen-bond acceptors (Lipinski definition) is 3. The van der Waals surface area contributed by atoms with Gasteiger partial charge in [0.1, 0.15) is 8.24 Å². The van der Waals surface area contributed by atoms with Crippen LogP contribution in [-0.2, 0) is 4.74 Å². The quantitative estimate of drug-likeness (QED) is 0.296. The maximum Gasteiger partial charge on any atom is 0.127 e. The van der Waals surface area contributed by atoms with Crippen LogP contribution in [0.2, 0.25) is 18.1 Å². The van der Waals surface area contributed by atoms with Gasteiger partial charge in [-0.05, 0) is 83.7 Å². The van der Waals surface area contributed by atoms with Crippen LogP contribution in [0.15, 0.2) is 0 Å². The zero-order valence-corrected chi connectivity index (χ0v) is 23.0. The highest BCUT2D eigenvalue weighted by molar-refractivity contribution is 8.00. The van der Waals surface area contributed by atoms with Gasteiger partial charge in [0.15, 0.2) is 0 Å². The molecule has 1 aliphatic carbocycles. The number of fused-ring (bicyclic) bond motifs is 1. The third-order valence-corrected chi connectivity index (χ3v) is 14.3. The Labute approximate surface area is 188 Å². The molecule has 0 amide bonds. The van der Waals surface area contributed by atoms with Crippen LogP contribution < -0.4 is 4.98 Å².